The second kappa shape index (κ2) is 5.48. The Balaban J connectivity index is 2.13. The van der Waals surface area contributed by atoms with E-state index in [1.165, 1.54) is 0 Å². The van der Waals surface area contributed by atoms with Crippen molar-refractivity contribution in [2.45, 2.75) is 19.9 Å². The number of hydrogen-bond acceptors (Lipinski definition) is 5. The zero-order valence-electron chi connectivity index (χ0n) is 12.5. The molecule has 0 aliphatic rings. The summed E-state index contributed by atoms with van der Waals surface area (Å²) in [6.07, 6.45) is 2.76. The number of hydrogen-bond donors (Lipinski definition) is 2. The maximum Gasteiger partial charge on any atom is 0.160 e. The molecule has 3 aromatic heterocycles. The summed E-state index contributed by atoms with van der Waals surface area (Å²) in [6.45, 7) is 6.55. The lowest BCUT2D eigenvalue weighted by molar-refractivity contribution is 0.699. The molecule has 3 rings (SSSR count). The molecule has 0 aliphatic heterocycles. The van der Waals surface area contributed by atoms with Crippen LogP contribution in [0.15, 0.2) is 36.9 Å². The number of nitrogens with zero attached hydrogens (tertiary/aromatic N) is 4. The van der Waals surface area contributed by atoms with Crippen LogP contribution in [0.4, 0.5) is 11.6 Å². The normalized spacial score (nSPS) is 11.0. The molecule has 22 heavy (non-hydrogen) atoms. The summed E-state index contributed by atoms with van der Waals surface area (Å²) in [5.74, 6) is 1.71. The third-order valence-electron chi connectivity index (χ3n) is 3.50. The molecule has 0 unspecified atom stereocenters. The van der Waals surface area contributed by atoms with Crippen molar-refractivity contribution in [3.05, 3.63) is 42.7 Å². The molecule has 6 heteroatoms. The van der Waals surface area contributed by atoms with Crippen LogP contribution in [-0.4, -0.2) is 19.5 Å². The average molecular weight is 294 g/mol. The van der Waals surface area contributed by atoms with Crippen LogP contribution in [0.3, 0.4) is 0 Å². The van der Waals surface area contributed by atoms with Crippen LogP contribution in [0.5, 0.6) is 0 Å². The van der Waals surface area contributed by atoms with Crippen molar-refractivity contribution in [2.75, 3.05) is 11.5 Å². The van der Waals surface area contributed by atoms with E-state index in [2.05, 4.69) is 21.1 Å². The predicted octanol–water partition coefficient (Wildman–Crippen LogP) is 2.54. The van der Waals surface area contributed by atoms with E-state index in [0.717, 1.165) is 41.2 Å². The summed E-state index contributed by atoms with van der Waals surface area (Å²) >= 11 is 0. The molecule has 3 aromatic rings. The maximum atomic E-state index is 5.76. The highest BCUT2D eigenvalue weighted by Gasteiger charge is 2.11. The van der Waals surface area contributed by atoms with Crippen LogP contribution in [0.1, 0.15) is 12.2 Å². The summed E-state index contributed by atoms with van der Waals surface area (Å²) in [5.41, 5.74) is 14.9. The molecular formula is C16H18N6. The molecule has 0 spiro atoms. The first-order valence-electron chi connectivity index (χ1n) is 7.06. The van der Waals surface area contributed by atoms with E-state index >= 15 is 0 Å². The Kier molecular flexibility index (Phi) is 3.50. The number of nitrogens with two attached hydrogens (primary N) is 2. The molecule has 0 bridgehead atoms. The van der Waals surface area contributed by atoms with E-state index in [-0.39, 0.29) is 0 Å². The monoisotopic (exact) mass is 294 g/mol. The zero-order valence-corrected chi connectivity index (χ0v) is 12.5. The minimum absolute atomic E-state index is 0.383. The fourth-order valence-electron chi connectivity index (χ4n) is 2.49. The zero-order chi connectivity index (χ0) is 15.7. The van der Waals surface area contributed by atoms with Gasteiger partial charge in [-0.05, 0) is 37.6 Å². The average Bonchev–Trinajstić information content (AvgIpc) is 2.78. The fourth-order valence-corrected chi connectivity index (χ4v) is 2.49. The minimum atomic E-state index is 0.383. The number of pyridine rings is 2. The Morgan fingerprint density at radius 3 is 2.55 bits per heavy atom. The van der Waals surface area contributed by atoms with Gasteiger partial charge in [-0.15, -0.1) is 6.58 Å². The smallest absolute Gasteiger partial charge is 0.160 e. The number of allylic oxidation sites excluding steroid dienone is 1. The molecule has 0 saturated heterocycles. The summed E-state index contributed by atoms with van der Waals surface area (Å²) in [5, 5.41) is 0. The van der Waals surface area contributed by atoms with E-state index in [0.29, 0.717) is 11.6 Å². The van der Waals surface area contributed by atoms with E-state index in [4.69, 9.17) is 16.5 Å². The number of nitrogen functional groups attached to an aromatic ring is 2. The van der Waals surface area contributed by atoms with Crippen LogP contribution in [0, 0.1) is 6.92 Å². The SMILES string of the molecule is C=CCCn1c(C)nc2ccc(-c3cc(N)nc(N)c3)nc21. The summed E-state index contributed by atoms with van der Waals surface area (Å²) < 4.78 is 2.09. The number of anilines is 2. The number of rotatable bonds is 4. The fraction of sp³-hybridized carbons (Fsp3) is 0.188. The highest BCUT2D eigenvalue weighted by atomic mass is 15.1. The van der Waals surface area contributed by atoms with Gasteiger partial charge in [0.1, 0.15) is 23.0 Å². The highest BCUT2D eigenvalue weighted by molar-refractivity contribution is 5.77. The van der Waals surface area contributed by atoms with Gasteiger partial charge in [-0.3, -0.25) is 0 Å². The van der Waals surface area contributed by atoms with Gasteiger partial charge < -0.3 is 16.0 Å². The van der Waals surface area contributed by atoms with Gasteiger partial charge in [-0.1, -0.05) is 6.08 Å². The molecule has 0 aromatic carbocycles. The number of aryl methyl sites for hydroxylation is 2. The molecule has 6 nitrogen and oxygen atoms in total. The summed E-state index contributed by atoms with van der Waals surface area (Å²) in [6, 6.07) is 7.41. The second-order valence-electron chi connectivity index (χ2n) is 5.13. The van der Waals surface area contributed by atoms with E-state index in [9.17, 15) is 0 Å². The summed E-state index contributed by atoms with van der Waals surface area (Å²) in [7, 11) is 0. The maximum absolute atomic E-state index is 5.76. The topological polar surface area (TPSA) is 95.6 Å². The van der Waals surface area contributed by atoms with Crippen LogP contribution in [-0.2, 0) is 6.54 Å². The van der Waals surface area contributed by atoms with Gasteiger partial charge in [0, 0.05) is 12.1 Å². The molecule has 0 fully saturated rings. The first-order chi connectivity index (χ1) is 10.6. The largest absolute Gasteiger partial charge is 0.384 e. The molecule has 3 heterocycles. The van der Waals surface area contributed by atoms with Crippen molar-refractivity contribution in [1.82, 2.24) is 19.5 Å². The number of fused-ring (bicyclic) bond motifs is 1. The van der Waals surface area contributed by atoms with Crippen LogP contribution in [0.2, 0.25) is 0 Å². The Labute approximate surface area is 128 Å². The van der Waals surface area contributed by atoms with Gasteiger partial charge in [-0.25, -0.2) is 15.0 Å². The number of imidazole rings is 1. The molecule has 0 amide bonds. The third kappa shape index (κ3) is 2.50. The van der Waals surface area contributed by atoms with Crippen LogP contribution < -0.4 is 11.5 Å². The third-order valence-corrected chi connectivity index (χ3v) is 3.50. The quantitative estimate of drug-likeness (QED) is 0.721. The van der Waals surface area contributed by atoms with Crippen molar-refractivity contribution in [2.24, 2.45) is 0 Å². The molecule has 4 N–H and O–H groups in total. The van der Waals surface area contributed by atoms with Gasteiger partial charge in [0.25, 0.3) is 0 Å². The van der Waals surface area contributed by atoms with Crippen molar-refractivity contribution in [3.63, 3.8) is 0 Å². The first-order valence-corrected chi connectivity index (χ1v) is 7.06. The lowest BCUT2D eigenvalue weighted by Gasteiger charge is -2.06. The molecule has 0 aliphatic carbocycles. The summed E-state index contributed by atoms with van der Waals surface area (Å²) in [4.78, 5) is 13.3. The van der Waals surface area contributed by atoms with Gasteiger partial charge in [0.05, 0.1) is 5.69 Å². The Morgan fingerprint density at radius 1 is 1.14 bits per heavy atom. The Morgan fingerprint density at radius 2 is 1.86 bits per heavy atom. The van der Waals surface area contributed by atoms with E-state index < -0.39 is 0 Å². The predicted molar refractivity (Wildman–Crippen MR) is 89.1 cm³/mol. The molecule has 112 valence electrons. The van der Waals surface area contributed by atoms with Crippen molar-refractivity contribution in [1.29, 1.82) is 0 Å². The first kappa shape index (κ1) is 14.1. The van der Waals surface area contributed by atoms with Crippen molar-refractivity contribution in [3.8, 4) is 11.3 Å². The van der Waals surface area contributed by atoms with Gasteiger partial charge >= 0.3 is 0 Å². The van der Waals surface area contributed by atoms with E-state index in [1.54, 1.807) is 12.1 Å². The van der Waals surface area contributed by atoms with Crippen LogP contribution >= 0.6 is 0 Å². The van der Waals surface area contributed by atoms with E-state index in [1.807, 2.05) is 25.1 Å². The van der Waals surface area contributed by atoms with Gasteiger partial charge in [0.15, 0.2) is 5.65 Å². The van der Waals surface area contributed by atoms with Crippen LogP contribution in [0.25, 0.3) is 22.4 Å². The van der Waals surface area contributed by atoms with Gasteiger partial charge in [0.2, 0.25) is 0 Å². The van der Waals surface area contributed by atoms with Gasteiger partial charge in [-0.2, -0.15) is 0 Å². The van der Waals surface area contributed by atoms with Crippen molar-refractivity contribution < 1.29 is 0 Å². The lowest BCUT2D eigenvalue weighted by atomic mass is 10.1. The second-order valence-corrected chi connectivity index (χ2v) is 5.13. The Bertz CT molecular complexity index is 829. The lowest BCUT2D eigenvalue weighted by Crippen LogP contribution is -2.01. The molecule has 0 atom stereocenters. The molecular weight excluding hydrogens is 276 g/mol. The molecule has 0 radical (unpaired) electrons. The standard InChI is InChI=1S/C16H18N6/c1-3-4-7-22-10(2)19-13-6-5-12(20-16(13)22)11-8-14(17)21-15(18)9-11/h3,5-6,8-9H,1,4,7H2,2H3,(H4,17,18,21). The highest BCUT2D eigenvalue weighted by Crippen LogP contribution is 2.24. The number of aromatic nitrogens is 4. The minimum Gasteiger partial charge on any atom is -0.384 e. The molecule has 0 saturated carbocycles. The Hall–Kier alpha value is -2.89. The van der Waals surface area contributed by atoms with Crippen molar-refractivity contribution >= 4 is 22.8 Å².